The van der Waals surface area contributed by atoms with Gasteiger partial charge in [-0.15, -0.1) is 0 Å². The highest BCUT2D eigenvalue weighted by Gasteiger charge is 2.30. The minimum absolute atomic E-state index is 0.450. The van der Waals surface area contributed by atoms with Crippen LogP contribution in [0.2, 0.25) is 0 Å². The Labute approximate surface area is 109 Å². The molecule has 0 unspecified atom stereocenters. The van der Waals surface area contributed by atoms with Gasteiger partial charge in [-0.3, -0.25) is 0 Å². The van der Waals surface area contributed by atoms with Gasteiger partial charge in [0.15, 0.2) is 0 Å². The van der Waals surface area contributed by atoms with Crippen molar-refractivity contribution in [2.75, 3.05) is 26.7 Å². The lowest BCUT2D eigenvalue weighted by molar-refractivity contribution is 0.119. The van der Waals surface area contributed by atoms with Crippen LogP contribution in [0.5, 0.6) is 0 Å². The van der Waals surface area contributed by atoms with Gasteiger partial charge >= 0.3 is 0 Å². The molecule has 1 aromatic heterocycles. The molecule has 100 valence electrons. The molecule has 18 heavy (non-hydrogen) atoms. The van der Waals surface area contributed by atoms with Crippen molar-refractivity contribution in [3.8, 4) is 0 Å². The predicted octanol–water partition coefficient (Wildman–Crippen LogP) is 1.26. The zero-order chi connectivity index (χ0) is 12.6. The number of rotatable bonds is 2. The first-order valence-corrected chi connectivity index (χ1v) is 7.08. The molecule has 0 bridgehead atoms. The molecule has 0 saturated carbocycles. The van der Waals surface area contributed by atoms with Gasteiger partial charge in [0.25, 0.3) is 0 Å². The molecular formula is C14H24N4. The number of hydrogen-bond donors (Lipinski definition) is 1. The predicted molar refractivity (Wildman–Crippen MR) is 72.5 cm³/mol. The van der Waals surface area contributed by atoms with Gasteiger partial charge in [0, 0.05) is 31.7 Å². The highest BCUT2D eigenvalue weighted by Crippen LogP contribution is 2.33. The Balaban J connectivity index is 1.74. The molecule has 2 aliphatic rings. The molecular weight excluding hydrogens is 224 g/mol. The van der Waals surface area contributed by atoms with Crippen molar-refractivity contribution in [1.29, 1.82) is 0 Å². The Kier molecular flexibility index (Phi) is 3.16. The highest BCUT2D eigenvalue weighted by molar-refractivity contribution is 5.16. The SMILES string of the molecule is CN1CCC(C)(Cn2cnc3c2CCNC3)CC1. The largest absolute Gasteiger partial charge is 0.334 e. The monoisotopic (exact) mass is 248 g/mol. The summed E-state index contributed by atoms with van der Waals surface area (Å²) < 4.78 is 2.42. The van der Waals surface area contributed by atoms with Crippen LogP contribution in [0.25, 0.3) is 0 Å². The molecule has 0 aliphatic carbocycles. The molecule has 4 nitrogen and oxygen atoms in total. The second kappa shape index (κ2) is 4.67. The average molecular weight is 248 g/mol. The summed E-state index contributed by atoms with van der Waals surface area (Å²) in [5.74, 6) is 0. The van der Waals surface area contributed by atoms with E-state index in [2.05, 4.69) is 40.1 Å². The van der Waals surface area contributed by atoms with Crippen LogP contribution in [0.15, 0.2) is 6.33 Å². The molecule has 0 aromatic carbocycles. The number of piperidine rings is 1. The highest BCUT2D eigenvalue weighted by atomic mass is 15.1. The fourth-order valence-electron chi connectivity index (χ4n) is 3.16. The molecule has 0 atom stereocenters. The summed E-state index contributed by atoms with van der Waals surface area (Å²) in [5.41, 5.74) is 3.18. The molecule has 0 amide bonds. The van der Waals surface area contributed by atoms with Crippen LogP contribution in [-0.4, -0.2) is 41.1 Å². The molecule has 3 rings (SSSR count). The summed E-state index contributed by atoms with van der Waals surface area (Å²) in [6.45, 7) is 8.08. The standard InChI is InChI=1S/C14H24N4/c1-14(4-7-17(2)8-5-14)10-18-11-16-12-9-15-6-3-13(12)18/h11,15H,3-10H2,1-2H3. The zero-order valence-corrected chi connectivity index (χ0v) is 11.6. The third-order valence-corrected chi connectivity index (χ3v) is 4.61. The number of hydrogen-bond acceptors (Lipinski definition) is 3. The van der Waals surface area contributed by atoms with E-state index in [9.17, 15) is 0 Å². The van der Waals surface area contributed by atoms with Gasteiger partial charge in [-0.25, -0.2) is 4.98 Å². The Morgan fingerprint density at radius 1 is 1.39 bits per heavy atom. The minimum atomic E-state index is 0.450. The summed E-state index contributed by atoms with van der Waals surface area (Å²) in [5, 5.41) is 3.39. The van der Waals surface area contributed by atoms with Crippen molar-refractivity contribution in [2.24, 2.45) is 5.41 Å². The molecule has 2 aliphatic heterocycles. The lowest BCUT2D eigenvalue weighted by atomic mass is 9.80. The normalized spacial score (nSPS) is 23.9. The quantitative estimate of drug-likeness (QED) is 0.855. The van der Waals surface area contributed by atoms with E-state index in [4.69, 9.17) is 0 Å². The molecule has 4 heteroatoms. The zero-order valence-electron chi connectivity index (χ0n) is 11.6. The van der Waals surface area contributed by atoms with Crippen molar-refractivity contribution in [1.82, 2.24) is 19.8 Å². The van der Waals surface area contributed by atoms with Crippen LogP contribution < -0.4 is 5.32 Å². The lowest BCUT2D eigenvalue weighted by Gasteiger charge is -2.38. The maximum atomic E-state index is 4.56. The topological polar surface area (TPSA) is 33.1 Å². The van der Waals surface area contributed by atoms with E-state index < -0.39 is 0 Å². The number of likely N-dealkylation sites (tertiary alicyclic amines) is 1. The number of fused-ring (bicyclic) bond motifs is 1. The van der Waals surface area contributed by atoms with Crippen LogP contribution >= 0.6 is 0 Å². The fourth-order valence-corrected chi connectivity index (χ4v) is 3.16. The summed E-state index contributed by atoms with van der Waals surface area (Å²) in [4.78, 5) is 7.00. The van der Waals surface area contributed by atoms with E-state index in [1.807, 2.05) is 0 Å². The molecule has 1 fully saturated rings. The first-order valence-electron chi connectivity index (χ1n) is 7.08. The van der Waals surface area contributed by atoms with Gasteiger partial charge in [-0.2, -0.15) is 0 Å². The Hall–Kier alpha value is -0.870. The molecule has 3 heterocycles. The molecule has 1 aromatic rings. The van der Waals surface area contributed by atoms with Gasteiger partial charge in [-0.1, -0.05) is 6.92 Å². The third-order valence-electron chi connectivity index (χ3n) is 4.61. The second-order valence-corrected chi connectivity index (χ2v) is 6.31. The van der Waals surface area contributed by atoms with Crippen molar-refractivity contribution >= 4 is 0 Å². The van der Waals surface area contributed by atoms with Gasteiger partial charge < -0.3 is 14.8 Å². The van der Waals surface area contributed by atoms with Crippen molar-refractivity contribution in [3.05, 3.63) is 17.7 Å². The summed E-state index contributed by atoms with van der Waals surface area (Å²) in [6.07, 6.45) is 5.79. The maximum Gasteiger partial charge on any atom is 0.0952 e. The van der Waals surface area contributed by atoms with Crippen molar-refractivity contribution in [2.45, 2.75) is 39.3 Å². The van der Waals surface area contributed by atoms with E-state index in [0.717, 1.165) is 26.1 Å². The average Bonchev–Trinajstić information content (AvgIpc) is 2.77. The summed E-state index contributed by atoms with van der Waals surface area (Å²) >= 11 is 0. The molecule has 0 spiro atoms. The number of nitrogens with one attached hydrogen (secondary N) is 1. The van der Waals surface area contributed by atoms with Gasteiger partial charge in [0.05, 0.1) is 12.0 Å². The maximum absolute atomic E-state index is 4.56. The van der Waals surface area contributed by atoms with Gasteiger partial charge in [0.2, 0.25) is 0 Å². The van der Waals surface area contributed by atoms with Crippen LogP contribution in [0.3, 0.4) is 0 Å². The second-order valence-electron chi connectivity index (χ2n) is 6.31. The van der Waals surface area contributed by atoms with E-state index in [1.54, 1.807) is 0 Å². The number of nitrogens with zero attached hydrogens (tertiary/aromatic N) is 3. The number of aromatic nitrogens is 2. The van der Waals surface area contributed by atoms with E-state index in [-0.39, 0.29) is 0 Å². The Bertz CT molecular complexity index is 415. The van der Waals surface area contributed by atoms with Crippen molar-refractivity contribution in [3.63, 3.8) is 0 Å². The fraction of sp³-hybridized carbons (Fsp3) is 0.786. The minimum Gasteiger partial charge on any atom is -0.334 e. The third kappa shape index (κ3) is 2.31. The molecule has 0 radical (unpaired) electrons. The van der Waals surface area contributed by atoms with Crippen LogP contribution in [0, 0.1) is 5.41 Å². The van der Waals surface area contributed by atoms with Gasteiger partial charge in [0.1, 0.15) is 0 Å². The smallest absolute Gasteiger partial charge is 0.0952 e. The first kappa shape index (κ1) is 12.2. The van der Waals surface area contributed by atoms with Crippen molar-refractivity contribution < 1.29 is 0 Å². The molecule has 1 saturated heterocycles. The lowest BCUT2D eigenvalue weighted by Crippen LogP contribution is -2.39. The Morgan fingerprint density at radius 2 is 2.17 bits per heavy atom. The van der Waals surface area contributed by atoms with Crippen LogP contribution in [-0.2, 0) is 19.5 Å². The number of imidazole rings is 1. The van der Waals surface area contributed by atoms with E-state index in [1.165, 1.54) is 37.3 Å². The summed E-state index contributed by atoms with van der Waals surface area (Å²) in [6, 6.07) is 0. The van der Waals surface area contributed by atoms with Crippen LogP contribution in [0.1, 0.15) is 31.2 Å². The van der Waals surface area contributed by atoms with E-state index in [0.29, 0.717) is 5.41 Å². The van der Waals surface area contributed by atoms with E-state index >= 15 is 0 Å². The Morgan fingerprint density at radius 3 is 2.94 bits per heavy atom. The summed E-state index contributed by atoms with van der Waals surface area (Å²) in [7, 11) is 2.23. The first-order chi connectivity index (χ1) is 8.66. The van der Waals surface area contributed by atoms with Gasteiger partial charge in [-0.05, 0) is 38.4 Å². The molecule has 1 N–H and O–H groups in total. The van der Waals surface area contributed by atoms with Crippen LogP contribution in [0.4, 0.5) is 0 Å².